The molecule has 0 amide bonds. The summed E-state index contributed by atoms with van der Waals surface area (Å²) in [6, 6.07) is 1.91. The van der Waals surface area contributed by atoms with Crippen LogP contribution in [0, 0.1) is 0 Å². The van der Waals surface area contributed by atoms with E-state index in [1.807, 2.05) is 17.8 Å². The fourth-order valence-electron chi connectivity index (χ4n) is 1.69. The molecule has 0 spiro atoms. The molecule has 2 N–H and O–H groups in total. The number of pyridine rings is 1. The van der Waals surface area contributed by atoms with Gasteiger partial charge < -0.3 is 10.6 Å². The molecular weight excluding hydrogens is 274 g/mol. The van der Waals surface area contributed by atoms with Gasteiger partial charge in [0.1, 0.15) is 5.82 Å². The van der Waals surface area contributed by atoms with Gasteiger partial charge in [-0.1, -0.05) is 6.92 Å². The van der Waals surface area contributed by atoms with Crippen LogP contribution in [0.1, 0.15) is 6.92 Å². The summed E-state index contributed by atoms with van der Waals surface area (Å²) in [5.41, 5.74) is 6.37. The standard InChI is InChI=1S/C10H14BrN3S/c1-7-6-14(2-3-15-7)10-9(11)4-8(12)5-13-10/h4-5,7H,2-3,6,12H2,1H3. The van der Waals surface area contributed by atoms with Crippen molar-refractivity contribution in [3.63, 3.8) is 0 Å². The van der Waals surface area contributed by atoms with Gasteiger partial charge in [0.05, 0.1) is 16.4 Å². The first-order valence-corrected chi connectivity index (χ1v) is 6.78. The van der Waals surface area contributed by atoms with Crippen LogP contribution in [0.15, 0.2) is 16.7 Å². The second-order valence-electron chi connectivity index (χ2n) is 3.70. The van der Waals surface area contributed by atoms with Crippen molar-refractivity contribution < 1.29 is 0 Å². The Morgan fingerprint density at radius 1 is 1.67 bits per heavy atom. The first-order valence-electron chi connectivity index (χ1n) is 4.94. The Hall–Kier alpha value is -0.420. The molecule has 0 aromatic carbocycles. The number of halogens is 1. The lowest BCUT2D eigenvalue weighted by Gasteiger charge is -2.32. The van der Waals surface area contributed by atoms with Gasteiger partial charge in [-0.2, -0.15) is 11.8 Å². The second-order valence-corrected chi connectivity index (χ2v) is 6.10. The van der Waals surface area contributed by atoms with Crippen molar-refractivity contribution in [3.05, 3.63) is 16.7 Å². The molecule has 0 saturated carbocycles. The fourth-order valence-corrected chi connectivity index (χ4v) is 3.32. The van der Waals surface area contributed by atoms with Gasteiger partial charge in [0.2, 0.25) is 0 Å². The summed E-state index contributed by atoms with van der Waals surface area (Å²) in [7, 11) is 0. The van der Waals surface area contributed by atoms with Crippen LogP contribution in [0.3, 0.4) is 0 Å². The maximum absolute atomic E-state index is 5.67. The highest BCUT2D eigenvalue weighted by Gasteiger charge is 2.19. The van der Waals surface area contributed by atoms with Crippen LogP contribution >= 0.6 is 27.7 Å². The Kier molecular flexibility index (Phi) is 3.41. The Bertz CT molecular complexity index is 359. The molecule has 1 aromatic heterocycles. The van der Waals surface area contributed by atoms with Crippen molar-refractivity contribution in [3.8, 4) is 0 Å². The molecule has 1 fully saturated rings. The number of rotatable bonds is 1. The van der Waals surface area contributed by atoms with Gasteiger partial charge in [0.25, 0.3) is 0 Å². The normalized spacial score (nSPS) is 21.7. The molecule has 1 atom stereocenters. The number of nitrogen functional groups attached to an aromatic ring is 1. The summed E-state index contributed by atoms with van der Waals surface area (Å²) in [5, 5.41) is 0.671. The van der Waals surface area contributed by atoms with E-state index in [-0.39, 0.29) is 0 Å². The SMILES string of the molecule is CC1CN(c2ncc(N)cc2Br)CCS1. The number of hydrogen-bond donors (Lipinski definition) is 1. The van der Waals surface area contributed by atoms with Crippen molar-refractivity contribution in [2.45, 2.75) is 12.2 Å². The minimum absolute atomic E-state index is 0.671. The van der Waals surface area contributed by atoms with Crippen LogP contribution in [0.5, 0.6) is 0 Å². The molecule has 0 bridgehead atoms. The molecule has 2 rings (SSSR count). The Balaban J connectivity index is 2.21. The van der Waals surface area contributed by atoms with E-state index < -0.39 is 0 Å². The van der Waals surface area contributed by atoms with Crippen molar-refractivity contribution in [2.24, 2.45) is 0 Å². The van der Waals surface area contributed by atoms with E-state index in [0.29, 0.717) is 10.9 Å². The Morgan fingerprint density at radius 3 is 3.13 bits per heavy atom. The lowest BCUT2D eigenvalue weighted by molar-refractivity contribution is 0.768. The first kappa shape index (κ1) is 11.1. The third-order valence-corrected chi connectivity index (χ3v) is 4.10. The molecule has 1 aromatic rings. The average molecular weight is 288 g/mol. The number of thioether (sulfide) groups is 1. The van der Waals surface area contributed by atoms with Crippen molar-refractivity contribution in [1.82, 2.24) is 4.98 Å². The van der Waals surface area contributed by atoms with Gasteiger partial charge in [-0.05, 0) is 22.0 Å². The topological polar surface area (TPSA) is 42.2 Å². The molecule has 0 radical (unpaired) electrons. The zero-order valence-corrected chi connectivity index (χ0v) is 11.0. The van der Waals surface area contributed by atoms with E-state index in [4.69, 9.17) is 5.73 Å². The van der Waals surface area contributed by atoms with Crippen LogP contribution in [-0.2, 0) is 0 Å². The molecule has 0 aliphatic carbocycles. The zero-order chi connectivity index (χ0) is 10.8. The summed E-state index contributed by atoms with van der Waals surface area (Å²) in [6.07, 6.45) is 1.71. The van der Waals surface area contributed by atoms with Crippen molar-refractivity contribution in [1.29, 1.82) is 0 Å². The van der Waals surface area contributed by atoms with E-state index in [0.717, 1.165) is 23.4 Å². The largest absolute Gasteiger partial charge is 0.397 e. The average Bonchev–Trinajstić information content (AvgIpc) is 2.17. The number of hydrogen-bond acceptors (Lipinski definition) is 4. The molecule has 15 heavy (non-hydrogen) atoms. The van der Waals surface area contributed by atoms with E-state index >= 15 is 0 Å². The third-order valence-electron chi connectivity index (χ3n) is 2.38. The molecule has 1 aliphatic heterocycles. The van der Waals surface area contributed by atoms with E-state index in [1.54, 1.807) is 6.20 Å². The predicted octanol–water partition coefficient (Wildman–Crippen LogP) is 2.37. The molecular formula is C10H14BrN3S. The fraction of sp³-hybridized carbons (Fsp3) is 0.500. The smallest absolute Gasteiger partial charge is 0.143 e. The number of anilines is 2. The quantitative estimate of drug-likeness (QED) is 0.861. The van der Waals surface area contributed by atoms with Crippen LogP contribution in [0.4, 0.5) is 11.5 Å². The molecule has 1 unspecified atom stereocenters. The minimum Gasteiger partial charge on any atom is -0.397 e. The Morgan fingerprint density at radius 2 is 2.47 bits per heavy atom. The molecule has 3 nitrogen and oxygen atoms in total. The van der Waals surface area contributed by atoms with Gasteiger partial charge in [0.15, 0.2) is 0 Å². The lowest BCUT2D eigenvalue weighted by Crippen LogP contribution is -2.37. The van der Waals surface area contributed by atoms with E-state index in [1.165, 1.54) is 5.75 Å². The summed E-state index contributed by atoms with van der Waals surface area (Å²) in [5.74, 6) is 2.18. The summed E-state index contributed by atoms with van der Waals surface area (Å²) in [6.45, 7) is 4.37. The van der Waals surface area contributed by atoms with Gasteiger partial charge in [-0.3, -0.25) is 0 Å². The maximum Gasteiger partial charge on any atom is 0.143 e. The van der Waals surface area contributed by atoms with Gasteiger partial charge in [0, 0.05) is 24.1 Å². The monoisotopic (exact) mass is 287 g/mol. The predicted molar refractivity (Wildman–Crippen MR) is 70.5 cm³/mol. The maximum atomic E-state index is 5.67. The number of nitrogens with two attached hydrogens (primary N) is 1. The highest BCUT2D eigenvalue weighted by atomic mass is 79.9. The van der Waals surface area contributed by atoms with Crippen LogP contribution in [0.2, 0.25) is 0 Å². The van der Waals surface area contributed by atoms with Crippen LogP contribution in [0.25, 0.3) is 0 Å². The van der Waals surface area contributed by atoms with Gasteiger partial charge in [-0.25, -0.2) is 4.98 Å². The highest BCUT2D eigenvalue weighted by Crippen LogP contribution is 2.29. The van der Waals surface area contributed by atoms with Crippen molar-refractivity contribution >= 4 is 39.2 Å². The van der Waals surface area contributed by atoms with Crippen LogP contribution < -0.4 is 10.6 Å². The summed E-state index contributed by atoms with van der Waals surface area (Å²) in [4.78, 5) is 6.69. The van der Waals surface area contributed by atoms with E-state index in [2.05, 4.69) is 32.7 Å². The number of nitrogens with zero attached hydrogens (tertiary/aromatic N) is 2. The van der Waals surface area contributed by atoms with E-state index in [9.17, 15) is 0 Å². The highest BCUT2D eigenvalue weighted by molar-refractivity contribution is 9.10. The zero-order valence-electron chi connectivity index (χ0n) is 8.61. The summed E-state index contributed by atoms with van der Waals surface area (Å²) < 4.78 is 0.988. The molecule has 2 heterocycles. The number of aromatic nitrogens is 1. The first-order chi connectivity index (χ1) is 7.16. The molecule has 5 heteroatoms. The minimum atomic E-state index is 0.671. The van der Waals surface area contributed by atoms with Crippen LogP contribution in [-0.4, -0.2) is 29.1 Å². The third kappa shape index (κ3) is 2.58. The van der Waals surface area contributed by atoms with Crippen molar-refractivity contribution in [2.75, 3.05) is 29.5 Å². The molecule has 1 aliphatic rings. The Labute approximate surface area is 103 Å². The molecule has 1 saturated heterocycles. The lowest BCUT2D eigenvalue weighted by atomic mass is 10.3. The van der Waals surface area contributed by atoms with Gasteiger partial charge >= 0.3 is 0 Å². The van der Waals surface area contributed by atoms with Gasteiger partial charge in [-0.15, -0.1) is 0 Å². The summed E-state index contributed by atoms with van der Waals surface area (Å²) >= 11 is 5.53. The molecule has 82 valence electrons. The second kappa shape index (κ2) is 4.61.